The van der Waals surface area contributed by atoms with E-state index in [0.29, 0.717) is 45.3 Å². The van der Waals surface area contributed by atoms with Crippen molar-refractivity contribution in [3.63, 3.8) is 0 Å². The molecule has 0 atom stereocenters. The Bertz CT molecular complexity index is 1960. The first-order valence-electron chi connectivity index (χ1n) is 16.4. The summed E-state index contributed by atoms with van der Waals surface area (Å²) in [5.41, 5.74) is 8.61. The maximum Gasteiger partial charge on any atom is 0.251 e. The number of piperidine rings is 1. The highest BCUT2D eigenvalue weighted by Crippen LogP contribution is 2.45. The Morgan fingerprint density at radius 2 is 1.74 bits per heavy atom. The molecule has 3 aliphatic rings. The van der Waals surface area contributed by atoms with Gasteiger partial charge in [0.1, 0.15) is 23.0 Å². The minimum absolute atomic E-state index is 0.0114. The average Bonchev–Trinajstić information content (AvgIpc) is 3.63. The molecule has 244 valence electrons. The summed E-state index contributed by atoms with van der Waals surface area (Å²) in [6, 6.07) is 6.53. The number of aryl methyl sites for hydroxylation is 2. The zero-order valence-electron chi connectivity index (χ0n) is 26.8. The fraction of sp³-hybridized carbons (Fsp3) is 0.432. The second-order valence-corrected chi connectivity index (χ2v) is 13.3. The van der Waals surface area contributed by atoms with Gasteiger partial charge in [0.25, 0.3) is 5.92 Å². The van der Waals surface area contributed by atoms with Crippen molar-refractivity contribution >= 4 is 39.4 Å². The van der Waals surface area contributed by atoms with E-state index in [2.05, 4.69) is 15.8 Å². The maximum atomic E-state index is 17.3. The van der Waals surface area contributed by atoms with E-state index in [1.54, 1.807) is 24.1 Å². The highest BCUT2D eigenvalue weighted by molar-refractivity contribution is 6.14. The molecule has 0 unspecified atom stereocenters. The summed E-state index contributed by atoms with van der Waals surface area (Å²) in [6.07, 6.45) is 12.5. The largest absolute Gasteiger partial charge is 0.398 e. The molecule has 0 spiro atoms. The van der Waals surface area contributed by atoms with Crippen molar-refractivity contribution in [3.05, 3.63) is 58.4 Å². The number of benzene rings is 3. The second-order valence-electron chi connectivity index (χ2n) is 13.3. The van der Waals surface area contributed by atoms with Gasteiger partial charge in [-0.05, 0) is 74.7 Å². The van der Waals surface area contributed by atoms with E-state index < -0.39 is 17.6 Å². The van der Waals surface area contributed by atoms with Gasteiger partial charge in [0.15, 0.2) is 5.82 Å². The first-order valence-corrected chi connectivity index (χ1v) is 16.4. The van der Waals surface area contributed by atoms with Crippen LogP contribution in [0.4, 0.5) is 29.1 Å². The molecule has 3 fully saturated rings. The number of nitrogens with two attached hydrogens (primary N) is 1. The van der Waals surface area contributed by atoms with Gasteiger partial charge in [-0.15, -0.1) is 6.42 Å². The van der Waals surface area contributed by atoms with Crippen LogP contribution >= 0.6 is 0 Å². The van der Waals surface area contributed by atoms with E-state index in [1.807, 2.05) is 13.0 Å². The van der Waals surface area contributed by atoms with Crippen molar-refractivity contribution in [3.8, 4) is 23.5 Å². The molecule has 1 aromatic heterocycles. The number of aromatic nitrogens is 2. The molecule has 3 aromatic carbocycles. The zero-order valence-corrected chi connectivity index (χ0v) is 26.8. The topological polar surface area (TPSA) is 70.6 Å². The van der Waals surface area contributed by atoms with Gasteiger partial charge in [-0.1, -0.05) is 24.1 Å². The molecule has 3 aliphatic heterocycles. The van der Waals surface area contributed by atoms with Gasteiger partial charge in [0.2, 0.25) is 0 Å². The third kappa shape index (κ3) is 5.29. The molecule has 6 nitrogen and oxygen atoms in total. The minimum atomic E-state index is -2.78. The zero-order chi connectivity index (χ0) is 33.1. The van der Waals surface area contributed by atoms with Crippen LogP contribution in [-0.2, 0) is 6.42 Å². The predicted octanol–water partition coefficient (Wildman–Crippen LogP) is 7.45. The molecule has 2 N–H and O–H groups in total. The summed E-state index contributed by atoms with van der Waals surface area (Å²) in [5.74, 6) is -0.788. The lowest BCUT2D eigenvalue weighted by Gasteiger charge is -2.34. The fourth-order valence-electron chi connectivity index (χ4n) is 8.23. The molecule has 0 saturated carbocycles. The van der Waals surface area contributed by atoms with Gasteiger partial charge in [0.05, 0.1) is 16.6 Å². The molecule has 3 saturated heterocycles. The normalized spacial score (nSPS) is 19.2. The summed E-state index contributed by atoms with van der Waals surface area (Å²) in [7, 11) is 1.58. The van der Waals surface area contributed by atoms with E-state index in [0.717, 1.165) is 50.8 Å². The molecule has 0 amide bonds. The summed E-state index contributed by atoms with van der Waals surface area (Å²) in [6.45, 7) is 4.12. The fourth-order valence-corrected chi connectivity index (χ4v) is 8.23. The van der Waals surface area contributed by atoms with E-state index in [4.69, 9.17) is 22.1 Å². The number of hydrogen-bond donors (Lipinski definition) is 1. The Balaban J connectivity index is 1.49. The monoisotopic (exact) mass is 642 g/mol. The lowest BCUT2D eigenvalue weighted by molar-refractivity contribution is -0.0221. The van der Waals surface area contributed by atoms with Gasteiger partial charge in [-0.25, -0.2) is 27.5 Å². The van der Waals surface area contributed by atoms with Crippen LogP contribution in [0.5, 0.6) is 0 Å². The van der Waals surface area contributed by atoms with Crippen LogP contribution in [-0.4, -0.2) is 65.8 Å². The standard InChI is InChI=1S/C37H38F4N6/c1-4-24-27(38)8-7-23-19-22(2)20-25(29(23)24)30-32(39)34-31(26(21-43-3)33(30)42)35(46-17-13-37(40,41)14-18-46)45-28(44-34)9-12-36-10-5-15-47(36)16-6-11-36/h1,7-8,19-21H,5-6,9-18,42H2,2-3H3. The van der Waals surface area contributed by atoms with Crippen molar-refractivity contribution in [1.82, 2.24) is 14.9 Å². The van der Waals surface area contributed by atoms with Crippen LogP contribution in [0.2, 0.25) is 0 Å². The van der Waals surface area contributed by atoms with Gasteiger partial charge in [-0.2, -0.15) is 0 Å². The molecule has 4 aromatic rings. The van der Waals surface area contributed by atoms with Gasteiger partial charge >= 0.3 is 0 Å². The van der Waals surface area contributed by atoms with Crippen molar-refractivity contribution in [2.75, 3.05) is 43.9 Å². The van der Waals surface area contributed by atoms with Crippen molar-refractivity contribution in [2.45, 2.75) is 69.8 Å². The maximum absolute atomic E-state index is 17.3. The lowest BCUT2D eigenvalue weighted by Crippen LogP contribution is -2.40. The summed E-state index contributed by atoms with van der Waals surface area (Å²) in [5, 5.41) is 1.34. The van der Waals surface area contributed by atoms with E-state index in [1.165, 1.54) is 12.3 Å². The number of terminal acetylenes is 1. The first kappa shape index (κ1) is 31.4. The molecular formula is C37H38F4N6. The number of hydrogen-bond acceptors (Lipinski definition) is 6. The number of rotatable bonds is 6. The highest BCUT2D eigenvalue weighted by atomic mass is 19.3. The molecule has 0 radical (unpaired) electrons. The van der Waals surface area contributed by atoms with Crippen LogP contribution in [0.25, 0.3) is 32.8 Å². The SMILES string of the molecule is C#Cc1c(F)ccc2cc(C)cc(-c3c(N)c(C=NC)c4c(N5CCC(F)(F)CC5)nc(CCC56CCCN5CCC6)nc4c3F)c12. The molecule has 4 heterocycles. The highest BCUT2D eigenvalue weighted by Gasteiger charge is 2.44. The van der Waals surface area contributed by atoms with Crippen LogP contribution in [0, 0.1) is 30.9 Å². The predicted molar refractivity (Wildman–Crippen MR) is 180 cm³/mol. The number of nitrogens with zero attached hydrogens (tertiary/aromatic N) is 5. The molecule has 0 aliphatic carbocycles. The molecular weight excluding hydrogens is 604 g/mol. The van der Waals surface area contributed by atoms with Crippen LogP contribution in [0.3, 0.4) is 0 Å². The third-order valence-corrected chi connectivity index (χ3v) is 10.5. The smallest absolute Gasteiger partial charge is 0.251 e. The van der Waals surface area contributed by atoms with E-state index in [9.17, 15) is 8.78 Å². The van der Waals surface area contributed by atoms with Crippen LogP contribution in [0.1, 0.15) is 67.5 Å². The van der Waals surface area contributed by atoms with E-state index in [-0.39, 0.29) is 53.8 Å². The summed E-state index contributed by atoms with van der Waals surface area (Å²) >= 11 is 0. The number of alkyl halides is 2. The Labute approximate surface area is 272 Å². The number of aliphatic imine (C=N–C) groups is 1. The second kappa shape index (κ2) is 11.8. The van der Waals surface area contributed by atoms with Gasteiger partial charge in [0, 0.05) is 67.7 Å². The Morgan fingerprint density at radius 1 is 1.02 bits per heavy atom. The lowest BCUT2D eigenvalue weighted by atomic mass is 9.88. The summed E-state index contributed by atoms with van der Waals surface area (Å²) in [4.78, 5) is 18.4. The van der Waals surface area contributed by atoms with Crippen molar-refractivity contribution < 1.29 is 17.6 Å². The molecule has 10 heteroatoms. The Morgan fingerprint density at radius 3 is 2.43 bits per heavy atom. The number of anilines is 2. The minimum Gasteiger partial charge on any atom is -0.398 e. The van der Waals surface area contributed by atoms with Gasteiger partial charge in [-0.3, -0.25) is 9.89 Å². The molecule has 0 bridgehead atoms. The number of nitrogen functional groups attached to an aromatic ring is 1. The Hall–Kier alpha value is -4.23. The van der Waals surface area contributed by atoms with Gasteiger partial charge < -0.3 is 10.6 Å². The van der Waals surface area contributed by atoms with Crippen LogP contribution in [0.15, 0.2) is 29.3 Å². The average molecular weight is 643 g/mol. The summed E-state index contributed by atoms with van der Waals surface area (Å²) < 4.78 is 61.0. The number of halogens is 4. The third-order valence-electron chi connectivity index (χ3n) is 10.5. The van der Waals surface area contributed by atoms with Crippen molar-refractivity contribution in [1.29, 1.82) is 0 Å². The molecule has 7 rings (SSSR count). The molecule has 47 heavy (non-hydrogen) atoms. The quantitative estimate of drug-likeness (QED) is 0.102. The van der Waals surface area contributed by atoms with E-state index >= 15 is 8.78 Å². The Kier molecular flexibility index (Phi) is 7.86. The first-order chi connectivity index (χ1) is 22.6. The van der Waals surface area contributed by atoms with Crippen LogP contribution < -0.4 is 10.6 Å². The van der Waals surface area contributed by atoms with Crippen molar-refractivity contribution in [2.24, 2.45) is 4.99 Å². The number of fused-ring (bicyclic) bond motifs is 3.